The van der Waals surface area contributed by atoms with Crippen molar-refractivity contribution in [3.8, 4) is 11.5 Å². The third kappa shape index (κ3) is 5.50. The van der Waals surface area contributed by atoms with E-state index in [0.717, 1.165) is 32.0 Å². The number of nitrogens with zero attached hydrogens (tertiary/aromatic N) is 1. The summed E-state index contributed by atoms with van der Waals surface area (Å²) in [5, 5.41) is 9.44. The molecule has 0 bridgehead atoms. The molecule has 25 heavy (non-hydrogen) atoms. The van der Waals surface area contributed by atoms with E-state index in [0.29, 0.717) is 17.6 Å². The molecule has 3 nitrogen and oxygen atoms in total. The van der Waals surface area contributed by atoms with E-state index >= 15 is 0 Å². The van der Waals surface area contributed by atoms with E-state index in [2.05, 4.69) is 56.9 Å². The van der Waals surface area contributed by atoms with Crippen molar-refractivity contribution in [1.29, 1.82) is 0 Å². The van der Waals surface area contributed by atoms with Crippen LogP contribution < -0.4 is 4.74 Å². The highest BCUT2D eigenvalue weighted by Crippen LogP contribution is 2.33. The summed E-state index contributed by atoms with van der Waals surface area (Å²) < 4.78 is 5.86. The van der Waals surface area contributed by atoms with Crippen LogP contribution in [0.4, 0.5) is 0 Å². The Labute approximate surface area is 152 Å². The molecule has 0 amide bonds. The van der Waals surface area contributed by atoms with E-state index in [-0.39, 0.29) is 0 Å². The normalized spacial score (nSPS) is 13.6. The van der Waals surface area contributed by atoms with Gasteiger partial charge in [0.1, 0.15) is 18.1 Å². The van der Waals surface area contributed by atoms with Crippen molar-refractivity contribution >= 4 is 0 Å². The van der Waals surface area contributed by atoms with Crippen LogP contribution in [0.25, 0.3) is 0 Å². The second kappa shape index (κ2) is 9.47. The van der Waals surface area contributed by atoms with Crippen molar-refractivity contribution in [2.24, 2.45) is 0 Å². The minimum absolute atomic E-state index is 0.315. The van der Waals surface area contributed by atoms with Crippen molar-refractivity contribution < 1.29 is 9.84 Å². The summed E-state index contributed by atoms with van der Waals surface area (Å²) in [7, 11) is 0. The second-order valence-corrected chi connectivity index (χ2v) is 6.61. The van der Waals surface area contributed by atoms with Crippen LogP contribution in [0.15, 0.2) is 48.5 Å². The third-order valence-electron chi connectivity index (χ3n) is 5.15. The molecule has 0 saturated carbocycles. The van der Waals surface area contributed by atoms with Gasteiger partial charge in [-0.1, -0.05) is 52.0 Å². The standard InChI is InChI=1S/C22H31NO2/c1-5-23(6-2)15-16-25-22-13-9-20(10-14-22)18(4)17(3)19-7-11-21(24)12-8-19/h7-14,17-18,24H,5-6,15-16H2,1-4H3. The maximum atomic E-state index is 9.44. The van der Waals surface area contributed by atoms with Gasteiger partial charge in [0.25, 0.3) is 0 Å². The Morgan fingerprint density at radius 1 is 0.840 bits per heavy atom. The fourth-order valence-electron chi connectivity index (χ4n) is 3.06. The molecule has 0 fully saturated rings. The first-order chi connectivity index (χ1) is 12.0. The number of likely N-dealkylation sites (N-methyl/N-ethyl adjacent to an activating group) is 1. The smallest absolute Gasteiger partial charge is 0.119 e. The van der Waals surface area contributed by atoms with Gasteiger partial charge in [-0.25, -0.2) is 0 Å². The van der Waals surface area contributed by atoms with Crippen LogP contribution in [0.2, 0.25) is 0 Å². The molecule has 0 aliphatic heterocycles. The van der Waals surface area contributed by atoms with Gasteiger partial charge in [0.15, 0.2) is 0 Å². The van der Waals surface area contributed by atoms with Crippen molar-refractivity contribution in [3.05, 3.63) is 59.7 Å². The summed E-state index contributed by atoms with van der Waals surface area (Å²) in [6.45, 7) is 12.6. The van der Waals surface area contributed by atoms with Crippen LogP contribution in [-0.4, -0.2) is 36.2 Å². The molecule has 136 valence electrons. The molecule has 2 aromatic carbocycles. The molecule has 3 heteroatoms. The highest BCUT2D eigenvalue weighted by molar-refractivity contribution is 5.34. The molecule has 2 aromatic rings. The monoisotopic (exact) mass is 341 g/mol. The Morgan fingerprint density at radius 3 is 1.80 bits per heavy atom. The lowest BCUT2D eigenvalue weighted by atomic mass is 9.84. The molecule has 0 saturated heterocycles. The van der Waals surface area contributed by atoms with Crippen LogP contribution in [0.1, 0.15) is 50.7 Å². The first-order valence-corrected chi connectivity index (χ1v) is 9.29. The predicted molar refractivity (Wildman–Crippen MR) is 105 cm³/mol. The number of phenols is 1. The topological polar surface area (TPSA) is 32.7 Å². The summed E-state index contributed by atoms with van der Waals surface area (Å²) in [6.07, 6.45) is 0. The molecule has 2 rings (SSSR count). The highest BCUT2D eigenvalue weighted by Gasteiger charge is 2.16. The van der Waals surface area contributed by atoms with E-state index in [1.807, 2.05) is 12.1 Å². The number of hydrogen-bond donors (Lipinski definition) is 1. The molecule has 2 atom stereocenters. The first-order valence-electron chi connectivity index (χ1n) is 9.29. The van der Waals surface area contributed by atoms with Gasteiger partial charge in [0.2, 0.25) is 0 Å². The van der Waals surface area contributed by atoms with Gasteiger partial charge >= 0.3 is 0 Å². The SMILES string of the molecule is CCN(CC)CCOc1ccc(C(C)C(C)c2ccc(O)cc2)cc1. The van der Waals surface area contributed by atoms with Crippen molar-refractivity contribution in [2.45, 2.75) is 39.5 Å². The molecular weight excluding hydrogens is 310 g/mol. The lowest BCUT2D eigenvalue weighted by Crippen LogP contribution is -2.27. The van der Waals surface area contributed by atoms with E-state index < -0.39 is 0 Å². The van der Waals surface area contributed by atoms with Crippen molar-refractivity contribution in [2.75, 3.05) is 26.2 Å². The second-order valence-electron chi connectivity index (χ2n) is 6.61. The largest absolute Gasteiger partial charge is 0.508 e. The summed E-state index contributed by atoms with van der Waals surface area (Å²) in [5.41, 5.74) is 2.54. The van der Waals surface area contributed by atoms with Crippen LogP contribution >= 0.6 is 0 Å². The summed E-state index contributed by atoms with van der Waals surface area (Å²) in [5.74, 6) is 2.03. The third-order valence-corrected chi connectivity index (χ3v) is 5.15. The van der Waals surface area contributed by atoms with Gasteiger partial charge in [-0.15, -0.1) is 0 Å². The summed E-state index contributed by atoms with van der Waals surface area (Å²) in [4.78, 5) is 2.36. The molecule has 2 unspecified atom stereocenters. The number of ether oxygens (including phenoxy) is 1. The zero-order valence-electron chi connectivity index (χ0n) is 15.9. The van der Waals surface area contributed by atoms with Crippen LogP contribution in [0.5, 0.6) is 11.5 Å². The van der Waals surface area contributed by atoms with Crippen molar-refractivity contribution in [3.63, 3.8) is 0 Å². The van der Waals surface area contributed by atoms with Gasteiger partial charge in [-0.3, -0.25) is 0 Å². The molecule has 0 heterocycles. The number of hydrogen-bond acceptors (Lipinski definition) is 3. The maximum absolute atomic E-state index is 9.44. The molecule has 0 radical (unpaired) electrons. The Bertz CT molecular complexity index is 617. The van der Waals surface area contributed by atoms with Crippen LogP contribution in [0, 0.1) is 0 Å². The van der Waals surface area contributed by atoms with E-state index in [9.17, 15) is 5.11 Å². The molecule has 0 aliphatic carbocycles. The summed E-state index contributed by atoms with van der Waals surface area (Å²) >= 11 is 0. The van der Waals surface area contributed by atoms with Crippen molar-refractivity contribution in [1.82, 2.24) is 4.90 Å². The predicted octanol–water partition coefficient (Wildman–Crippen LogP) is 5.02. The Balaban J connectivity index is 1.93. The minimum Gasteiger partial charge on any atom is -0.508 e. The van der Waals surface area contributed by atoms with Crippen LogP contribution in [-0.2, 0) is 0 Å². The number of rotatable bonds is 9. The maximum Gasteiger partial charge on any atom is 0.119 e. The Kier molecular flexibility index (Phi) is 7.32. The van der Waals surface area contributed by atoms with E-state index in [1.54, 1.807) is 12.1 Å². The number of benzene rings is 2. The average molecular weight is 341 g/mol. The van der Waals surface area contributed by atoms with Gasteiger partial charge in [0, 0.05) is 6.54 Å². The number of phenolic OH excluding ortho intramolecular Hbond substituents is 1. The zero-order valence-corrected chi connectivity index (χ0v) is 15.9. The minimum atomic E-state index is 0.315. The van der Waals surface area contributed by atoms with Gasteiger partial charge < -0.3 is 14.7 Å². The van der Waals surface area contributed by atoms with E-state index in [1.165, 1.54) is 11.1 Å². The first kappa shape index (κ1) is 19.3. The lowest BCUT2D eigenvalue weighted by molar-refractivity contribution is 0.223. The highest BCUT2D eigenvalue weighted by atomic mass is 16.5. The average Bonchev–Trinajstić information content (AvgIpc) is 2.65. The van der Waals surface area contributed by atoms with Crippen LogP contribution in [0.3, 0.4) is 0 Å². The van der Waals surface area contributed by atoms with Gasteiger partial charge in [-0.2, -0.15) is 0 Å². The van der Waals surface area contributed by atoms with Gasteiger partial charge in [0.05, 0.1) is 0 Å². The molecule has 0 spiro atoms. The molecule has 0 aromatic heterocycles. The molecular formula is C22H31NO2. The number of aromatic hydroxyl groups is 1. The fourth-order valence-corrected chi connectivity index (χ4v) is 3.06. The Hall–Kier alpha value is -2.00. The molecule has 0 aliphatic rings. The zero-order chi connectivity index (χ0) is 18.2. The summed E-state index contributed by atoms with van der Waals surface area (Å²) in [6, 6.07) is 16.0. The Morgan fingerprint density at radius 2 is 1.32 bits per heavy atom. The lowest BCUT2D eigenvalue weighted by Gasteiger charge is -2.21. The fraction of sp³-hybridized carbons (Fsp3) is 0.455. The van der Waals surface area contributed by atoms with E-state index in [4.69, 9.17) is 4.74 Å². The van der Waals surface area contributed by atoms with Gasteiger partial charge in [-0.05, 0) is 60.3 Å². The quantitative estimate of drug-likeness (QED) is 0.695. The molecule has 1 N–H and O–H groups in total.